The minimum absolute atomic E-state index is 1.14. The number of rotatable bonds is 4. The molecule has 0 bridgehead atoms. The maximum Gasteiger partial charge on any atom is 0.0541 e. The van der Waals surface area contributed by atoms with Gasteiger partial charge in [-0.1, -0.05) is 140 Å². The van der Waals surface area contributed by atoms with Gasteiger partial charge in [-0.3, -0.25) is 0 Å². The van der Waals surface area contributed by atoms with E-state index in [2.05, 4.69) is 215 Å². The summed E-state index contributed by atoms with van der Waals surface area (Å²) in [6.07, 6.45) is 6.93. The van der Waals surface area contributed by atoms with E-state index >= 15 is 0 Å². The summed E-state index contributed by atoms with van der Waals surface area (Å²) in [7, 11) is 0. The van der Waals surface area contributed by atoms with E-state index in [1.807, 2.05) is 11.3 Å². The zero-order valence-electron chi connectivity index (χ0n) is 34.3. The molecule has 13 aromatic rings. The van der Waals surface area contributed by atoms with Gasteiger partial charge in [0.15, 0.2) is 0 Å². The van der Waals surface area contributed by atoms with E-state index < -0.39 is 0 Å². The maximum atomic E-state index is 2.45. The van der Waals surface area contributed by atoms with E-state index in [1.54, 1.807) is 0 Å². The highest BCUT2D eigenvalue weighted by molar-refractivity contribution is 7.19. The third-order valence-electron chi connectivity index (χ3n) is 13.8. The smallest absolute Gasteiger partial charge is 0.0541 e. The molecule has 3 heteroatoms. The molecule has 0 amide bonds. The summed E-state index contributed by atoms with van der Waals surface area (Å²) in [6.45, 7) is 0. The summed E-state index contributed by atoms with van der Waals surface area (Å²) in [5, 5.41) is 14.2. The molecule has 1 aliphatic carbocycles. The second-order valence-electron chi connectivity index (χ2n) is 17.1. The van der Waals surface area contributed by atoms with Crippen molar-refractivity contribution in [3.8, 4) is 33.6 Å². The Morgan fingerprint density at radius 1 is 0.333 bits per heavy atom. The summed E-state index contributed by atoms with van der Waals surface area (Å²) in [5.41, 5.74) is 13.5. The van der Waals surface area contributed by atoms with Crippen LogP contribution in [0.2, 0.25) is 0 Å². The molecule has 2 nitrogen and oxygen atoms in total. The Bertz CT molecular complexity index is 4040. The number of allylic oxidation sites excluding steroid dienone is 1. The van der Waals surface area contributed by atoms with E-state index in [4.69, 9.17) is 0 Å². The number of nitrogens with zero attached hydrogens (tertiary/aromatic N) is 2. The average molecular weight is 819 g/mol. The molecular formula is C60H38N2S. The molecule has 63 heavy (non-hydrogen) atoms. The number of para-hydroxylation sites is 2. The lowest BCUT2D eigenvalue weighted by molar-refractivity contribution is 1.02. The molecule has 0 fully saturated rings. The highest BCUT2D eigenvalue weighted by Crippen LogP contribution is 2.42. The summed E-state index contributed by atoms with van der Waals surface area (Å²) in [4.78, 5) is 1.51. The Hall–Kier alpha value is -7.72. The molecule has 10 aromatic carbocycles. The van der Waals surface area contributed by atoms with Gasteiger partial charge in [-0.2, -0.15) is 0 Å². The van der Waals surface area contributed by atoms with Crippen molar-refractivity contribution in [3.05, 3.63) is 211 Å². The number of aromatic nitrogens is 2. The van der Waals surface area contributed by atoms with Crippen molar-refractivity contribution >= 4 is 103 Å². The van der Waals surface area contributed by atoms with Crippen molar-refractivity contribution in [1.29, 1.82) is 0 Å². The Kier molecular flexibility index (Phi) is 7.42. The van der Waals surface area contributed by atoms with Crippen LogP contribution in [0.15, 0.2) is 200 Å². The predicted octanol–water partition coefficient (Wildman–Crippen LogP) is 16.8. The standard InChI is InChI=1S/C60H38N2S/c1-2-13-45-43(11-1)44-12-3-4-14-46(44)51-35-41(27-29-47(45)51)61-55-18-8-5-15-48(55)52-33-39(25-30-57(52)61)37-21-23-38(24-22-37)40-26-31-58-53(34-40)49-16-6-9-19-56(49)62(58)42-28-32-60-54(36-42)50-17-7-10-20-59(50)63-60/h1-9,11-19,21-36H,10,20H2. The molecule has 3 heterocycles. The van der Waals surface area contributed by atoms with Crippen LogP contribution in [0.4, 0.5) is 0 Å². The van der Waals surface area contributed by atoms with Gasteiger partial charge in [0, 0.05) is 47.9 Å². The lowest BCUT2D eigenvalue weighted by Crippen LogP contribution is -1.94. The number of fused-ring (bicyclic) bond motifs is 15. The van der Waals surface area contributed by atoms with E-state index in [-0.39, 0.29) is 0 Å². The van der Waals surface area contributed by atoms with E-state index in [0.717, 1.165) is 12.8 Å². The molecule has 0 aliphatic heterocycles. The lowest BCUT2D eigenvalue weighted by Gasteiger charge is -2.14. The van der Waals surface area contributed by atoms with E-state index in [9.17, 15) is 0 Å². The number of benzene rings is 10. The van der Waals surface area contributed by atoms with Crippen LogP contribution in [0.1, 0.15) is 16.9 Å². The van der Waals surface area contributed by atoms with Crippen molar-refractivity contribution in [1.82, 2.24) is 9.13 Å². The fourth-order valence-electron chi connectivity index (χ4n) is 10.8. The second kappa shape index (κ2) is 13.4. The van der Waals surface area contributed by atoms with Gasteiger partial charge in [0.2, 0.25) is 0 Å². The van der Waals surface area contributed by atoms with Crippen LogP contribution in [0.5, 0.6) is 0 Å². The Labute approximate surface area is 367 Å². The fraction of sp³-hybridized carbons (Fsp3) is 0.0333. The maximum absolute atomic E-state index is 2.45. The van der Waals surface area contributed by atoms with Crippen LogP contribution in [-0.2, 0) is 6.42 Å². The molecule has 0 radical (unpaired) electrons. The van der Waals surface area contributed by atoms with Crippen molar-refractivity contribution in [3.63, 3.8) is 0 Å². The van der Waals surface area contributed by atoms with Crippen molar-refractivity contribution in [2.75, 3.05) is 0 Å². The van der Waals surface area contributed by atoms with Crippen LogP contribution in [0, 0.1) is 0 Å². The Morgan fingerprint density at radius 3 is 1.35 bits per heavy atom. The number of aryl methyl sites for hydroxylation is 1. The predicted molar refractivity (Wildman–Crippen MR) is 271 cm³/mol. The first-order valence-electron chi connectivity index (χ1n) is 22.0. The molecule has 0 unspecified atom stereocenters. The Morgan fingerprint density at radius 2 is 0.778 bits per heavy atom. The molecular weight excluding hydrogens is 781 g/mol. The van der Waals surface area contributed by atoms with E-state index in [1.165, 1.54) is 130 Å². The number of thiophene rings is 1. The molecule has 0 saturated carbocycles. The molecule has 0 atom stereocenters. The minimum Gasteiger partial charge on any atom is -0.309 e. The van der Waals surface area contributed by atoms with Gasteiger partial charge in [-0.05, 0) is 140 Å². The molecule has 0 spiro atoms. The van der Waals surface area contributed by atoms with Gasteiger partial charge in [-0.25, -0.2) is 0 Å². The monoisotopic (exact) mass is 818 g/mol. The summed E-state index contributed by atoms with van der Waals surface area (Å²) >= 11 is 1.95. The zero-order chi connectivity index (χ0) is 41.2. The van der Waals surface area contributed by atoms with Crippen LogP contribution in [0.25, 0.3) is 126 Å². The topological polar surface area (TPSA) is 9.86 Å². The minimum atomic E-state index is 1.14. The number of hydrogen-bond donors (Lipinski definition) is 0. The van der Waals surface area contributed by atoms with Crippen molar-refractivity contribution in [2.24, 2.45) is 0 Å². The van der Waals surface area contributed by atoms with Gasteiger partial charge < -0.3 is 9.13 Å². The Balaban J connectivity index is 0.848. The molecule has 3 aromatic heterocycles. The highest BCUT2D eigenvalue weighted by atomic mass is 32.1. The SMILES string of the molecule is C1=Cc2c(sc3ccc(-n4c5ccccc5c5cc(-c6ccc(-c7ccc8c(c7)c7ccccc7n8-c7ccc8c9ccccc9c9ccccc9c8c7)cc6)ccc54)cc23)CC1. The van der Waals surface area contributed by atoms with Crippen molar-refractivity contribution in [2.45, 2.75) is 12.8 Å². The van der Waals surface area contributed by atoms with Crippen LogP contribution in [-0.4, -0.2) is 9.13 Å². The van der Waals surface area contributed by atoms with Gasteiger partial charge in [0.25, 0.3) is 0 Å². The largest absolute Gasteiger partial charge is 0.309 e. The molecule has 294 valence electrons. The van der Waals surface area contributed by atoms with Crippen molar-refractivity contribution < 1.29 is 0 Å². The fourth-order valence-corrected chi connectivity index (χ4v) is 12.0. The molecule has 0 saturated heterocycles. The average Bonchev–Trinajstić information content (AvgIpc) is 4.01. The lowest BCUT2D eigenvalue weighted by atomic mass is 9.94. The molecule has 14 rings (SSSR count). The first-order chi connectivity index (χ1) is 31.2. The van der Waals surface area contributed by atoms with Gasteiger partial charge in [0.05, 0.1) is 22.1 Å². The van der Waals surface area contributed by atoms with Crippen LogP contribution in [0.3, 0.4) is 0 Å². The summed E-state index contributed by atoms with van der Waals surface area (Å²) in [5.74, 6) is 0. The van der Waals surface area contributed by atoms with Crippen LogP contribution < -0.4 is 0 Å². The number of hydrogen-bond acceptors (Lipinski definition) is 1. The van der Waals surface area contributed by atoms with E-state index in [0.29, 0.717) is 0 Å². The first kappa shape index (κ1) is 34.9. The third-order valence-corrected chi connectivity index (χ3v) is 15.0. The summed E-state index contributed by atoms with van der Waals surface area (Å²) in [6, 6.07) is 72.5. The van der Waals surface area contributed by atoms with Gasteiger partial charge in [0.1, 0.15) is 0 Å². The first-order valence-corrected chi connectivity index (χ1v) is 22.8. The normalized spacial score (nSPS) is 12.9. The van der Waals surface area contributed by atoms with Gasteiger partial charge >= 0.3 is 0 Å². The second-order valence-corrected chi connectivity index (χ2v) is 18.3. The third kappa shape index (κ3) is 5.18. The summed E-state index contributed by atoms with van der Waals surface area (Å²) < 4.78 is 6.26. The quantitative estimate of drug-likeness (QED) is 0.157. The van der Waals surface area contributed by atoms with Crippen LogP contribution >= 0.6 is 11.3 Å². The zero-order valence-corrected chi connectivity index (χ0v) is 35.2. The molecule has 1 aliphatic rings. The highest BCUT2D eigenvalue weighted by Gasteiger charge is 2.19. The van der Waals surface area contributed by atoms with Gasteiger partial charge in [-0.15, -0.1) is 11.3 Å². The molecule has 0 N–H and O–H groups in total.